The standard InChI is InChI=1S/C18H15F2N3O3S/c1-11-21-17(22-26-11)12-3-5-13(6-4-12)18(24)23-27(2,25)10-14-9-15(19)7-8-16(14)20/h3-9H,10H2,1-2H3. The van der Waals surface area contributed by atoms with E-state index in [0.717, 1.165) is 18.2 Å². The van der Waals surface area contributed by atoms with Crippen molar-refractivity contribution in [2.75, 3.05) is 6.26 Å². The van der Waals surface area contributed by atoms with Crippen molar-refractivity contribution in [2.45, 2.75) is 12.7 Å². The van der Waals surface area contributed by atoms with Crippen molar-refractivity contribution < 1.29 is 22.3 Å². The largest absolute Gasteiger partial charge is 0.339 e. The highest BCUT2D eigenvalue weighted by Gasteiger charge is 2.14. The van der Waals surface area contributed by atoms with E-state index in [-0.39, 0.29) is 16.9 Å². The molecule has 1 aromatic heterocycles. The third kappa shape index (κ3) is 4.62. The van der Waals surface area contributed by atoms with E-state index in [1.54, 1.807) is 19.1 Å². The van der Waals surface area contributed by atoms with Crippen molar-refractivity contribution in [3.05, 3.63) is 71.1 Å². The zero-order valence-electron chi connectivity index (χ0n) is 14.5. The molecule has 140 valence electrons. The van der Waals surface area contributed by atoms with Gasteiger partial charge in [0.1, 0.15) is 11.6 Å². The number of hydrogen-bond acceptors (Lipinski definition) is 5. The van der Waals surface area contributed by atoms with E-state index in [9.17, 15) is 17.8 Å². The summed E-state index contributed by atoms with van der Waals surface area (Å²) < 4.78 is 48.2. The van der Waals surface area contributed by atoms with E-state index in [1.807, 2.05) is 0 Å². The smallest absolute Gasteiger partial charge is 0.285 e. The van der Waals surface area contributed by atoms with E-state index in [0.29, 0.717) is 17.3 Å². The minimum atomic E-state index is -3.10. The van der Waals surface area contributed by atoms with Crippen LogP contribution in [0.4, 0.5) is 8.78 Å². The fourth-order valence-corrected chi connectivity index (χ4v) is 3.70. The zero-order chi connectivity index (χ0) is 19.6. The van der Waals surface area contributed by atoms with Crippen molar-refractivity contribution >= 4 is 15.6 Å². The molecule has 1 heterocycles. The van der Waals surface area contributed by atoms with Gasteiger partial charge in [-0.1, -0.05) is 17.3 Å². The average Bonchev–Trinajstić information content (AvgIpc) is 3.04. The maximum Gasteiger partial charge on any atom is 0.285 e. The van der Waals surface area contributed by atoms with Gasteiger partial charge in [-0.3, -0.25) is 4.79 Å². The number of carbonyl (C=O) groups is 1. The zero-order valence-corrected chi connectivity index (χ0v) is 15.3. The molecule has 0 fully saturated rings. The van der Waals surface area contributed by atoms with Crippen LogP contribution in [0, 0.1) is 18.6 Å². The summed E-state index contributed by atoms with van der Waals surface area (Å²) >= 11 is 0. The summed E-state index contributed by atoms with van der Waals surface area (Å²) in [5, 5.41) is 3.78. The Labute approximate surface area is 154 Å². The van der Waals surface area contributed by atoms with Crippen molar-refractivity contribution in [3.8, 4) is 11.4 Å². The van der Waals surface area contributed by atoms with Gasteiger partial charge in [-0.2, -0.15) is 9.35 Å². The molecular formula is C18H15F2N3O3S. The lowest BCUT2D eigenvalue weighted by atomic mass is 10.1. The molecule has 1 unspecified atom stereocenters. The van der Waals surface area contributed by atoms with Crippen molar-refractivity contribution in [1.29, 1.82) is 0 Å². The van der Waals surface area contributed by atoms with E-state index < -0.39 is 27.3 Å². The van der Waals surface area contributed by atoms with Crippen LogP contribution in [0.25, 0.3) is 11.4 Å². The lowest BCUT2D eigenvalue weighted by Gasteiger charge is -2.06. The van der Waals surface area contributed by atoms with E-state index >= 15 is 0 Å². The van der Waals surface area contributed by atoms with Crippen LogP contribution in [0.3, 0.4) is 0 Å². The van der Waals surface area contributed by atoms with Gasteiger partial charge in [0.15, 0.2) is 0 Å². The predicted molar refractivity (Wildman–Crippen MR) is 95.4 cm³/mol. The molecule has 1 amide bonds. The van der Waals surface area contributed by atoms with Crippen LogP contribution in [-0.2, 0) is 15.5 Å². The minimum absolute atomic E-state index is 0.0955. The quantitative estimate of drug-likeness (QED) is 0.676. The van der Waals surface area contributed by atoms with Gasteiger partial charge in [0.05, 0.1) is 15.5 Å². The van der Waals surface area contributed by atoms with E-state index in [4.69, 9.17) is 4.52 Å². The molecule has 3 aromatic rings. The Morgan fingerprint density at radius 3 is 2.52 bits per heavy atom. The number of aryl methyl sites for hydroxylation is 1. The molecular weight excluding hydrogens is 376 g/mol. The maximum atomic E-state index is 13.7. The summed E-state index contributed by atoms with van der Waals surface area (Å²) in [6.45, 7) is 1.66. The van der Waals surface area contributed by atoms with Crippen LogP contribution in [0.5, 0.6) is 0 Å². The highest BCUT2D eigenvalue weighted by atomic mass is 32.2. The van der Waals surface area contributed by atoms with Crippen molar-refractivity contribution in [3.63, 3.8) is 0 Å². The summed E-state index contributed by atoms with van der Waals surface area (Å²) in [7, 11) is -3.10. The lowest BCUT2D eigenvalue weighted by Crippen LogP contribution is -2.07. The molecule has 0 N–H and O–H groups in total. The number of benzene rings is 2. The average molecular weight is 391 g/mol. The first-order valence-corrected chi connectivity index (χ1v) is 9.91. The Balaban J connectivity index is 1.82. The van der Waals surface area contributed by atoms with Crippen LogP contribution in [0.2, 0.25) is 0 Å². The number of aromatic nitrogens is 2. The fraction of sp³-hybridized carbons (Fsp3) is 0.167. The van der Waals surface area contributed by atoms with Crippen LogP contribution in [0.1, 0.15) is 21.8 Å². The van der Waals surface area contributed by atoms with Crippen molar-refractivity contribution in [1.82, 2.24) is 10.1 Å². The van der Waals surface area contributed by atoms with E-state index in [1.165, 1.54) is 18.4 Å². The van der Waals surface area contributed by atoms with Crippen LogP contribution >= 0.6 is 0 Å². The molecule has 0 aliphatic heterocycles. The lowest BCUT2D eigenvalue weighted by molar-refractivity contribution is 0.100. The molecule has 1 atom stereocenters. The first-order chi connectivity index (χ1) is 12.7. The molecule has 0 bridgehead atoms. The first kappa shape index (κ1) is 18.8. The molecule has 3 rings (SSSR count). The summed E-state index contributed by atoms with van der Waals surface area (Å²) in [4.78, 5) is 16.4. The van der Waals surface area contributed by atoms with Gasteiger partial charge >= 0.3 is 0 Å². The number of nitrogens with zero attached hydrogens (tertiary/aromatic N) is 3. The summed E-state index contributed by atoms with van der Waals surface area (Å²) in [6, 6.07) is 9.05. The maximum absolute atomic E-state index is 13.7. The fourth-order valence-electron chi connectivity index (χ4n) is 2.38. The van der Waals surface area contributed by atoms with Crippen LogP contribution in [-0.4, -0.2) is 26.5 Å². The van der Waals surface area contributed by atoms with Gasteiger partial charge in [0, 0.05) is 29.9 Å². The number of carbonyl (C=O) groups excluding carboxylic acids is 1. The SMILES string of the molecule is Cc1nc(-c2ccc(C(=O)N=S(C)(=O)Cc3cc(F)ccc3F)cc2)no1. The number of rotatable bonds is 4. The second-order valence-electron chi connectivity index (χ2n) is 5.95. The summed E-state index contributed by atoms with van der Waals surface area (Å²) in [5.74, 6) is -1.65. The molecule has 9 heteroatoms. The Kier molecular flexibility index (Phi) is 5.13. The number of halogens is 2. The monoisotopic (exact) mass is 391 g/mol. The Morgan fingerprint density at radius 1 is 1.19 bits per heavy atom. The van der Waals surface area contributed by atoms with Gasteiger partial charge in [0.2, 0.25) is 11.7 Å². The van der Waals surface area contributed by atoms with Gasteiger partial charge < -0.3 is 4.52 Å². The molecule has 0 radical (unpaired) electrons. The summed E-state index contributed by atoms with van der Waals surface area (Å²) in [6.07, 6.45) is 1.23. The molecule has 0 saturated carbocycles. The molecule has 0 saturated heterocycles. The van der Waals surface area contributed by atoms with Gasteiger partial charge in [-0.05, 0) is 30.3 Å². The van der Waals surface area contributed by atoms with Gasteiger partial charge in [-0.25, -0.2) is 13.0 Å². The highest BCUT2D eigenvalue weighted by Crippen LogP contribution is 2.18. The van der Waals surface area contributed by atoms with Gasteiger partial charge in [-0.15, -0.1) is 0 Å². The van der Waals surface area contributed by atoms with Crippen LogP contribution in [0.15, 0.2) is 51.4 Å². The molecule has 0 aliphatic rings. The number of amides is 1. The Morgan fingerprint density at radius 2 is 1.89 bits per heavy atom. The molecule has 27 heavy (non-hydrogen) atoms. The first-order valence-electron chi connectivity index (χ1n) is 7.82. The molecule has 0 aliphatic carbocycles. The summed E-state index contributed by atoms with van der Waals surface area (Å²) in [5.41, 5.74) is 0.748. The molecule has 2 aromatic carbocycles. The molecule has 6 nitrogen and oxygen atoms in total. The Bertz CT molecular complexity index is 1120. The molecule has 0 spiro atoms. The second-order valence-corrected chi connectivity index (χ2v) is 8.34. The Hall–Kier alpha value is -2.94. The predicted octanol–water partition coefficient (Wildman–Crippen LogP) is 3.76. The van der Waals surface area contributed by atoms with Gasteiger partial charge in [0.25, 0.3) is 5.91 Å². The second kappa shape index (κ2) is 7.36. The minimum Gasteiger partial charge on any atom is -0.339 e. The third-order valence-electron chi connectivity index (χ3n) is 3.62. The number of hydrogen-bond donors (Lipinski definition) is 0. The van der Waals surface area contributed by atoms with Crippen molar-refractivity contribution in [2.24, 2.45) is 4.36 Å². The topological polar surface area (TPSA) is 85.4 Å². The highest BCUT2D eigenvalue weighted by molar-refractivity contribution is 7.92. The normalized spacial score (nSPS) is 13.2. The third-order valence-corrected chi connectivity index (χ3v) is 5.02. The van der Waals surface area contributed by atoms with E-state index in [2.05, 4.69) is 14.5 Å². The van der Waals surface area contributed by atoms with Crippen LogP contribution < -0.4 is 0 Å².